The van der Waals surface area contributed by atoms with Crippen LogP contribution in [0, 0.1) is 0 Å². The van der Waals surface area contributed by atoms with Crippen molar-refractivity contribution < 1.29 is 42.7 Å². The van der Waals surface area contributed by atoms with Gasteiger partial charge in [0.15, 0.2) is 0 Å². The Hall–Kier alpha value is -1.55. The quantitative estimate of drug-likeness (QED) is 0.0242. The number of ether oxygens (including phenoxy) is 2. The van der Waals surface area contributed by atoms with Gasteiger partial charge in [-0.3, -0.25) is 18.6 Å². The zero-order valence-corrected chi connectivity index (χ0v) is 32.6. The number of rotatable bonds is 38. The number of carboxylic acid groups (broad SMARTS) is 1. The number of unbranched alkanes of at least 4 members (excludes halogenated alkanes) is 20. The smallest absolute Gasteiger partial charge is 0.472 e. The van der Waals surface area contributed by atoms with E-state index in [1.165, 1.54) is 89.9 Å². The van der Waals surface area contributed by atoms with Crippen molar-refractivity contribution >= 4 is 19.8 Å². The Morgan fingerprint density at radius 3 is 1.60 bits per heavy atom. The fourth-order valence-electron chi connectivity index (χ4n) is 5.31. The summed E-state index contributed by atoms with van der Waals surface area (Å²) in [6, 6.07) is -1.47. The normalized spacial score (nSPS) is 14.3. The maximum Gasteiger partial charge on any atom is 0.472 e. The average Bonchev–Trinajstić information content (AvgIpc) is 3.09. The van der Waals surface area contributed by atoms with E-state index in [0.717, 1.165) is 57.8 Å². The first kappa shape index (κ1) is 48.5. The minimum Gasteiger partial charge on any atom is -0.480 e. The fourth-order valence-corrected chi connectivity index (χ4v) is 6.08. The number of allylic oxidation sites excluding steroid dienone is 4. The molecule has 0 fully saturated rings. The summed E-state index contributed by atoms with van der Waals surface area (Å²) in [5, 5.41) is 8.86. The molecule has 11 heteroatoms. The van der Waals surface area contributed by atoms with E-state index >= 15 is 0 Å². The minimum absolute atomic E-state index is 0.0126. The lowest BCUT2D eigenvalue weighted by molar-refractivity contribution is -0.154. The van der Waals surface area contributed by atoms with Crippen LogP contribution >= 0.6 is 7.82 Å². The third-order valence-electron chi connectivity index (χ3n) is 8.43. The summed E-state index contributed by atoms with van der Waals surface area (Å²) < 4.78 is 33.2. The highest BCUT2D eigenvalue weighted by Gasteiger charge is 2.27. The van der Waals surface area contributed by atoms with Crippen LogP contribution in [0.1, 0.15) is 174 Å². The Morgan fingerprint density at radius 2 is 1.08 bits per heavy atom. The first-order valence-corrected chi connectivity index (χ1v) is 21.4. The van der Waals surface area contributed by atoms with Crippen LogP contribution in [0.25, 0.3) is 0 Å². The van der Waals surface area contributed by atoms with Crippen molar-refractivity contribution in [1.82, 2.24) is 0 Å². The van der Waals surface area contributed by atoms with Gasteiger partial charge in [0.2, 0.25) is 0 Å². The predicted molar refractivity (Wildman–Crippen MR) is 203 cm³/mol. The van der Waals surface area contributed by atoms with Crippen LogP contribution in [0.4, 0.5) is 0 Å². The largest absolute Gasteiger partial charge is 0.480 e. The number of carbonyl (C=O) groups is 2. The molecule has 3 unspecified atom stereocenters. The second kappa shape index (κ2) is 35.8. The first-order chi connectivity index (χ1) is 24.2. The molecule has 0 heterocycles. The molecule has 0 aromatic rings. The molecule has 0 aliphatic carbocycles. The Morgan fingerprint density at radius 1 is 0.620 bits per heavy atom. The van der Waals surface area contributed by atoms with E-state index in [-0.39, 0.29) is 13.0 Å². The molecule has 294 valence electrons. The third kappa shape index (κ3) is 34.9. The van der Waals surface area contributed by atoms with Crippen molar-refractivity contribution in [1.29, 1.82) is 0 Å². The topological polar surface area (TPSA) is 155 Å². The third-order valence-corrected chi connectivity index (χ3v) is 9.38. The Bertz CT molecular complexity index is 899. The molecule has 3 atom stereocenters. The molecule has 0 aromatic heterocycles. The molecule has 0 radical (unpaired) electrons. The molecule has 0 saturated carbocycles. The number of phosphoric acid groups is 1. The van der Waals surface area contributed by atoms with Gasteiger partial charge in [0.05, 0.1) is 19.8 Å². The molecule has 10 nitrogen and oxygen atoms in total. The Balaban J connectivity index is 4.26. The lowest BCUT2D eigenvalue weighted by Crippen LogP contribution is -2.34. The van der Waals surface area contributed by atoms with E-state index < -0.39 is 45.1 Å². The summed E-state index contributed by atoms with van der Waals surface area (Å²) in [5.74, 6) is -1.78. The van der Waals surface area contributed by atoms with Gasteiger partial charge in [0.1, 0.15) is 12.1 Å². The molecule has 0 rings (SSSR count). The second-order valence-electron chi connectivity index (χ2n) is 13.4. The van der Waals surface area contributed by atoms with Crippen molar-refractivity contribution in [3.8, 4) is 0 Å². The first-order valence-electron chi connectivity index (χ1n) is 19.9. The van der Waals surface area contributed by atoms with Crippen LogP contribution in [0.2, 0.25) is 0 Å². The van der Waals surface area contributed by atoms with Crippen LogP contribution in [-0.2, 0) is 32.7 Å². The van der Waals surface area contributed by atoms with E-state index in [4.69, 9.17) is 29.4 Å². The molecule has 4 N–H and O–H groups in total. The predicted octanol–water partition coefficient (Wildman–Crippen LogP) is 10.4. The zero-order chi connectivity index (χ0) is 37.0. The van der Waals surface area contributed by atoms with Gasteiger partial charge in [-0.25, -0.2) is 4.57 Å². The van der Waals surface area contributed by atoms with E-state index in [1.54, 1.807) is 0 Å². The standard InChI is InChI=1S/C39H74NO9P/c1-3-5-7-9-11-13-15-16-17-18-19-20-21-23-25-27-29-31-38(41)49-36(34-47-50(44,45)48-35-37(40)39(42)43)33-46-32-30-28-26-24-22-14-12-10-8-6-4-2/h8,10,16-17,36-37H,3-7,9,11-15,18-35,40H2,1-2H3,(H,42,43)(H,44,45)/b10-8-,17-16-. The van der Waals surface area contributed by atoms with Gasteiger partial charge in [-0.1, -0.05) is 134 Å². The van der Waals surface area contributed by atoms with Crippen LogP contribution < -0.4 is 5.73 Å². The van der Waals surface area contributed by atoms with E-state index in [0.29, 0.717) is 13.0 Å². The summed E-state index contributed by atoms with van der Waals surface area (Å²) in [6.45, 7) is 3.80. The van der Waals surface area contributed by atoms with Crippen molar-refractivity contribution in [2.24, 2.45) is 5.73 Å². The number of phosphoric ester groups is 1. The van der Waals surface area contributed by atoms with Gasteiger partial charge in [-0.05, 0) is 57.8 Å². The lowest BCUT2D eigenvalue weighted by atomic mass is 10.1. The molecule has 0 aliphatic rings. The van der Waals surface area contributed by atoms with E-state index in [2.05, 4.69) is 38.2 Å². The molecule has 0 saturated heterocycles. The number of carbonyl (C=O) groups excluding carboxylic acids is 1. The molecule has 0 aliphatic heterocycles. The van der Waals surface area contributed by atoms with Crippen LogP contribution in [0.5, 0.6) is 0 Å². The molecule has 0 amide bonds. The molecular formula is C39H74NO9P. The van der Waals surface area contributed by atoms with Gasteiger partial charge in [0.25, 0.3) is 0 Å². The van der Waals surface area contributed by atoms with E-state index in [9.17, 15) is 19.0 Å². The number of nitrogens with two attached hydrogens (primary N) is 1. The summed E-state index contributed by atoms with van der Waals surface area (Å²) in [6.07, 6.45) is 36.6. The van der Waals surface area contributed by atoms with Gasteiger partial charge < -0.3 is 25.2 Å². The summed E-state index contributed by atoms with van der Waals surface area (Å²) in [4.78, 5) is 33.4. The molecule has 0 aromatic carbocycles. The summed E-state index contributed by atoms with van der Waals surface area (Å²) in [7, 11) is -4.61. The highest BCUT2D eigenvalue weighted by atomic mass is 31.2. The zero-order valence-electron chi connectivity index (χ0n) is 31.7. The maximum absolute atomic E-state index is 12.6. The number of hydrogen-bond donors (Lipinski definition) is 3. The Labute approximate surface area is 304 Å². The average molecular weight is 732 g/mol. The highest BCUT2D eigenvalue weighted by molar-refractivity contribution is 7.47. The van der Waals surface area contributed by atoms with Gasteiger partial charge in [-0.15, -0.1) is 0 Å². The number of carboxylic acids is 1. The summed E-state index contributed by atoms with van der Waals surface area (Å²) in [5.41, 5.74) is 5.34. The lowest BCUT2D eigenvalue weighted by Gasteiger charge is -2.20. The van der Waals surface area contributed by atoms with Gasteiger partial charge in [-0.2, -0.15) is 0 Å². The monoisotopic (exact) mass is 732 g/mol. The molecule has 0 bridgehead atoms. The Kier molecular flexibility index (Phi) is 34.7. The van der Waals surface area contributed by atoms with Gasteiger partial charge in [0, 0.05) is 13.0 Å². The minimum atomic E-state index is -4.61. The molecule has 50 heavy (non-hydrogen) atoms. The van der Waals surface area contributed by atoms with E-state index in [1.807, 2.05) is 0 Å². The number of esters is 1. The fraction of sp³-hybridized carbons (Fsp3) is 0.846. The van der Waals surface area contributed by atoms with Gasteiger partial charge >= 0.3 is 19.8 Å². The SMILES string of the molecule is CCC/C=C\CCCCCCCCOCC(COP(=O)(O)OCC(N)C(=O)O)OC(=O)CCCCCCCCC/C=C\CCCCCCCC. The van der Waals surface area contributed by atoms with Crippen molar-refractivity contribution in [2.45, 2.75) is 187 Å². The summed E-state index contributed by atoms with van der Waals surface area (Å²) >= 11 is 0. The molecule has 0 spiro atoms. The van der Waals surface area contributed by atoms with Crippen LogP contribution in [0.15, 0.2) is 24.3 Å². The van der Waals surface area contributed by atoms with Crippen molar-refractivity contribution in [2.75, 3.05) is 26.4 Å². The van der Waals surface area contributed by atoms with Crippen molar-refractivity contribution in [3.63, 3.8) is 0 Å². The second-order valence-corrected chi connectivity index (χ2v) is 14.9. The van der Waals surface area contributed by atoms with Crippen LogP contribution in [-0.4, -0.2) is 60.5 Å². The van der Waals surface area contributed by atoms with Crippen LogP contribution in [0.3, 0.4) is 0 Å². The van der Waals surface area contributed by atoms with Crippen molar-refractivity contribution in [3.05, 3.63) is 24.3 Å². The molecular weight excluding hydrogens is 657 g/mol. The number of hydrogen-bond acceptors (Lipinski definition) is 8. The number of aliphatic carboxylic acids is 1. The maximum atomic E-state index is 12.6. The highest BCUT2D eigenvalue weighted by Crippen LogP contribution is 2.43.